The lowest BCUT2D eigenvalue weighted by molar-refractivity contribution is 0.00269. The number of hydrogen-bond acceptors (Lipinski definition) is 1. The molecule has 0 aliphatic rings. The summed E-state index contributed by atoms with van der Waals surface area (Å²) in [5.41, 5.74) is 0. The minimum atomic E-state index is -2.88. The molecule has 60 valence electrons. The monoisotopic (exact) mass is 171 g/mol. The van der Waals surface area contributed by atoms with Crippen LogP contribution < -0.4 is 0 Å². The molecule has 2 nitrogen and oxygen atoms in total. The van der Waals surface area contributed by atoms with Crippen LogP contribution in [0.4, 0.5) is 13.6 Å². The number of amides is 1. The summed E-state index contributed by atoms with van der Waals surface area (Å²) in [5.74, 6) is -2.88. The van der Waals surface area contributed by atoms with Crippen molar-refractivity contribution in [2.75, 3.05) is 13.6 Å². The van der Waals surface area contributed by atoms with Crippen LogP contribution in [-0.4, -0.2) is 29.8 Å². The van der Waals surface area contributed by atoms with Crippen LogP contribution >= 0.6 is 11.6 Å². The Morgan fingerprint density at radius 1 is 1.70 bits per heavy atom. The van der Waals surface area contributed by atoms with Gasteiger partial charge in [-0.25, -0.2) is 8.78 Å². The van der Waals surface area contributed by atoms with E-state index in [1.54, 1.807) is 0 Å². The van der Waals surface area contributed by atoms with Crippen molar-refractivity contribution < 1.29 is 13.6 Å². The van der Waals surface area contributed by atoms with Gasteiger partial charge in [-0.2, -0.15) is 0 Å². The van der Waals surface area contributed by atoms with Gasteiger partial charge in [0.1, 0.15) is 0 Å². The standard InChI is InChI=1S/C5H8ClF2NO/c1-5(7,8)3-9(2)4(6)10/h3H2,1-2H3. The second-order valence-corrected chi connectivity index (χ2v) is 2.50. The third kappa shape index (κ3) is 4.49. The zero-order valence-corrected chi connectivity index (χ0v) is 6.45. The third-order valence-corrected chi connectivity index (χ3v) is 1.10. The summed E-state index contributed by atoms with van der Waals surface area (Å²) in [6.07, 6.45) is 0. The molecule has 0 aromatic carbocycles. The number of carbonyl (C=O) groups is 1. The molecule has 5 heteroatoms. The Kier molecular flexibility index (Phi) is 3.02. The SMILES string of the molecule is CN(CC(C)(F)F)C(=O)Cl. The zero-order chi connectivity index (χ0) is 8.36. The summed E-state index contributed by atoms with van der Waals surface area (Å²) in [6, 6.07) is 0. The minimum absolute atomic E-state index is 0.644. The van der Waals surface area contributed by atoms with E-state index >= 15 is 0 Å². The van der Waals surface area contributed by atoms with E-state index in [-0.39, 0.29) is 0 Å². The van der Waals surface area contributed by atoms with E-state index < -0.39 is 17.8 Å². The Morgan fingerprint density at radius 2 is 2.10 bits per heavy atom. The first-order valence-electron chi connectivity index (χ1n) is 2.61. The number of alkyl halides is 2. The van der Waals surface area contributed by atoms with Gasteiger partial charge in [-0.05, 0) is 11.6 Å². The van der Waals surface area contributed by atoms with E-state index in [0.29, 0.717) is 0 Å². The van der Waals surface area contributed by atoms with Crippen LogP contribution in [0.3, 0.4) is 0 Å². The van der Waals surface area contributed by atoms with Gasteiger partial charge in [0.05, 0.1) is 6.54 Å². The van der Waals surface area contributed by atoms with Gasteiger partial charge in [0.2, 0.25) is 0 Å². The van der Waals surface area contributed by atoms with Crippen molar-refractivity contribution in [1.82, 2.24) is 4.90 Å². The van der Waals surface area contributed by atoms with E-state index in [2.05, 4.69) is 0 Å². The summed E-state index contributed by atoms with van der Waals surface area (Å²) in [7, 11) is 1.22. The average Bonchev–Trinajstić information content (AvgIpc) is 1.60. The molecule has 0 aromatic heterocycles. The highest BCUT2D eigenvalue weighted by Gasteiger charge is 2.24. The number of nitrogens with zero attached hydrogens (tertiary/aromatic N) is 1. The summed E-state index contributed by atoms with van der Waals surface area (Å²) >= 11 is 4.89. The Labute approximate surface area is 62.8 Å². The molecule has 0 atom stereocenters. The summed E-state index contributed by atoms with van der Waals surface area (Å²) in [4.78, 5) is 10.9. The molecule has 0 bridgehead atoms. The molecule has 1 amide bonds. The van der Waals surface area contributed by atoms with Crippen LogP contribution in [0.25, 0.3) is 0 Å². The van der Waals surface area contributed by atoms with Gasteiger partial charge in [-0.15, -0.1) is 0 Å². The number of hydrogen-bond donors (Lipinski definition) is 0. The van der Waals surface area contributed by atoms with E-state index in [1.807, 2.05) is 0 Å². The topological polar surface area (TPSA) is 20.3 Å². The van der Waals surface area contributed by atoms with Crippen LogP contribution in [0.15, 0.2) is 0 Å². The fourth-order valence-corrected chi connectivity index (χ4v) is 0.538. The predicted molar refractivity (Wildman–Crippen MR) is 34.5 cm³/mol. The Bertz CT molecular complexity index is 134. The highest BCUT2D eigenvalue weighted by Crippen LogP contribution is 2.13. The van der Waals surface area contributed by atoms with Gasteiger partial charge in [0, 0.05) is 14.0 Å². The summed E-state index contributed by atoms with van der Waals surface area (Å²) < 4.78 is 24.2. The Balaban J connectivity index is 3.80. The quantitative estimate of drug-likeness (QED) is 0.459. The smallest absolute Gasteiger partial charge is 0.316 e. The molecule has 0 spiro atoms. The second kappa shape index (κ2) is 3.14. The molecule has 0 aromatic rings. The van der Waals surface area contributed by atoms with Gasteiger partial charge in [-0.1, -0.05) is 0 Å². The molecule has 0 aliphatic carbocycles. The fraction of sp³-hybridized carbons (Fsp3) is 0.800. The lowest BCUT2D eigenvalue weighted by atomic mass is 10.4. The lowest BCUT2D eigenvalue weighted by Crippen LogP contribution is -2.33. The second-order valence-electron chi connectivity index (χ2n) is 2.18. The van der Waals surface area contributed by atoms with Crippen molar-refractivity contribution in [3.63, 3.8) is 0 Å². The highest BCUT2D eigenvalue weighted by atomic mass is 35.5. The van der Waals surface area contributed by atoms with Gasteiger partial charge in [0.15, 0.2) is 0 Å². The number of carbonyl (C=O) groups excluding carboxylic acids is 1. The van der Waals surface area contributed by atoms with Crippen molar-refractivity contribution in [2.24, 2.45) is 0 Å². The van der Waals surface area contributed by atoms with Crippen molar-refractivity contribution in [2.45, 2.75) is 12.8 Å². The molecule has 0 fully saturated rings. The van der Waals surface area contributed by atoms with Gasteiger partial charge in [-0.3, -0.25) is 4.79 Å². The normalized spacial score (nSPS) is 11.3. The van der Waals surface area contributed by atoms with Crippen molar-refractivity contribution >= 4 is 17.0 Å². The number of rotatable bonds is 2. The number of halogens is 3. The molecule has 0 N–H and O–H groups in total. The van der Waals surface area contributed by atoms with E-state index in [4.69, 9.17) is 11.6 Å². The zero-order valence-electron chi connectivity index (χ0n) is 5.70. The lowest BCUT2D eigenvalue weighted by Gasteiger charge is -2.17. The molecule has 0 heterocycles. The molecular weight excluding hydrogens is 164 g/mol. The van der Waals surface area contributed by atoms with E-state index in [1.165, 1.54) is 7.05 Å². The van der Waals surface area contributed by atoms with E-state index in [0.717, 1.165) is 11.8 Å². The molecule has 0 rings (SSSR count). The van der Waals surface area contributed by atoms with Crippen LogP contribution in [0.1, 0.15) is 6.92 Å². The molecular formula is C5H8ClF2NO. The van der Waals surface area contributed by atoms with Crippen molar-refractivity contribution in [3.8, 4) is 0 Å². The summed E-state index contributed by atoms with van der Waals surface area (Å²) in [6.45, 7) is 0.0820. The molecule has 0 radical (unpaired) electrons. The molecule has 0 aliphatic heterocycles. The van der Waals surface area contributed by atoms with Gasteiger partial charge >= 0.3 is 5.37 Å². The maximum absolute atomic E-state index is 12.1. The van der Waals surface area contributed by atoms with Gasteiger partial charge in [0.25, 0.3) is 5.92 Å². The average molecular weight is 172 g/mol. The minimum Gasteiger partial charge on any atom is -0.326 e. The first-order valence-corrected chi connectivity index (χ1v) is 2.99. The fourth-order valence-electron chi connectivity index (χ4n) is 0.479. The molecule has 0 saturated heterocycles. The highest BCUT2D eigenvalue weighted by molar-refractivity contribution is 6.62. The van der Waals surface area contributed by atoms with Gasteiger partial charge < -0.3 is 4.90 Å². The van der Waals surface area contributed by atoms with Crippen LogP contribution in [0.2, 0.25) is 0 Å². The molecule has 0 saturated carbocycles. The van der Waals surface area contributed by atoms with Crippen LogP contribution in [0.5, 0.6) is 0 Å². The van der Waals surface area contributed by atoms with Crippen LogP contribution in [0, 0.1) is 0 Å². The maximum atomic E-state index is 12.1. The Hall–Kier alpha value is -0.380. The Morgan fingerprint density at radius 3 is 2.20 bits per heavy atom. The maximum Gasteiger partial charge on any atom is 0.316 e. The van der Waals surface area contributed by atoms with E-state index in [9.17, 15) is 13.6 Å². The first-order chi connectivity index (χ1) is 4.33. The summed E-state index contributed by atoms with van der Waals surface area (Å²) in [5, 5.41) is -0.874. The van der Waals surface area contributed by atoms with Crippen molar-refractivity contribution in [3.05, 3.63) is 0 Å². The first kappa shape index (κ1) is 9.62. The van der Waals surface area contributed by atoms with Crippen LogP contribution in [-0.2, 0) is 0 Å². The molecule has 0 unspecified atom stereocenters. The molecule has 10 heavy (non-hydrogen) atoms. The van der Waals surface area contributed by atoms with Crippen molar-refractivity contribution in [1.29, 1.82) is 0 Å². The predicted octanol–water partition coefficient (Wildman–Crippen LogP) is 1.93. The third-order valence-electron chi connectivity index (χ3n) is 0.815. The largest absolute Gasteiger partial charge is 0.326 e.